The van der Waals surface area contributed by atoms with Crippen LogP contribution in [0, 0.1) is 0 Å². The maximum absolute atomic E-state index is 11.7. The molecule has 0 radical (unpaired) electrons. The van der Waals surface area contributed by atoms with Crippen LogP contribution in [0.1, 0.15) is 6.92 Å². The van der Waals surface area contributed by atoms with Crippen molar-refractivity contribution in [3.8, 4) is 0 Å². The van der Waals surface area contributed by atoms with E-state index in [2.05, 4.69) is 18.2 Å². The van der Waals surface area contributed by atoms with Gasteiger partial charge in [0.25, 0.3) is 0 Å². The zero-order chi connectivity index (χ0) is 11.1. The van der Waals surface area contributed by atoms with Gasteiger partial charge < -0.3 is 0 Å². The summed E-state index contributed by atoms with van der Waals surface area (Å²) in [6.07, 6.45) is 8.17. The van der Waals surface area contributed by atoms with Gasteiger partial charge in [0.2, 0.25) is 11.4 Å². The highest BCUT2D eigenvalue weighted by Gasteiger charge is 2.33. The van der Waals surface area contributed by atoms with Crippen LogP contribution in [-0.4, -0.2) is 11.9 Å². The molecule has 0 bridgehead atoms. The summed E-state index contributed by atoms with van der Waals surface area (Å²) < 4.78 is 1.85. The number of rotatable bonds is 0. The number of carbonyl (C=O) groups is 1. The largest absolute Gasteiger partial charge is 0.385 e. The van der Waals surface area contributed by atoms with Gasteiger partial charge >= 0.3 is 5.91 Å². The number of carbonyl (C=O) groups excluding carboxylic acids is 1. The zero-order valence-corrected chi connectivity index (χ0v) is 9.05. The Morgan fingerprint density at radius 2 is 2.06 bits per heavy atom. The first-order valence-corrected chi connectivity index (χ1v) is 5.40. The van der Waals surface area contributed by atoms with Crippen LogP contribution in [0.15, 0.2) is 48.6 Å². The summed E-state index contributed by atoms with van der Waals surface area (Å²) in [6, 6.07) is 8.15. The quantitative estimate of drug-likeness (QED) is 0.567. The molecule has 0 aromatic heterocycles. The second-order valence-corrected chi connectivity index (χ2v) is 4.05. The first-order chi connectivity index (χ1) is 7.79. The van der Waals surface area contributed by atoms with Crippen LogP contribution < -0.4 is 15.2 Å². The van der Waals surface area contributed by atoms with E-state index in [-0.39, 0.29) is 11.9 Å². The summed E-state index contributed by atoms with van der Waals surface area (Å²) in [7, 11) is 0. The van der Waals surface area contributed by atoms with E-state index in [9.17, 15) is 4.79 Å². The lowest BCUT2D eigenvalue weighted by Gasteiger charge is -2.07. The predicted molar refractivity (Wildman–Crippen MR) is 63.1 cm³/mol. The van der Waals surface area contributed by atoms with Crippen molar-refractivity contribution < 1.29 is 4.79 Å². The van der Waals surface area contributed by atoms with Crippen LogP contribution >= 0.6 is 0 Å². The van der Waals surface area contributed by atoms with Crippen LogP contribution in [0.5, 0.6) is 0 Å². The molecule has 78 valence electrons. The molecule has 2 aliphatic rings. The molecule has 1 heterocycles. The van der Waals surface area contributed by atoms with Crippen LogP contribution in [0.25, 0.3) is 5.57 Å². The zero-order valence-electron chi connectivity index (χ0n) is 9.05. The third kappa shape index (κ3) is 1.13. The summed E-state index contributed by atoms with van der Waals surface area (Å²) in [6.45, 7) is 1.62. The van der Waals surface area contributed by atoms with Gasteiger partial charge in [-0.2, -0.15) is 4.58 Å². The third-order valence-corrected chi connectivity index (χ3v) is 3.09. The van der Waals surface area contributed by atoms with Gasteiger partial charge in [-0.15, -0.1) is 0 Å². The minimum absolute atomic E-state index is 0.0832. The van der Waals surface area contributed by atoms with Crippen molar-refractivity contribution in [1.82, 2.24) is 4.58 Å². The minimum atomic E-state index is 0.0832. The molecule has 0 saturated carbocycles. The highest BCUT2D eigenvalue weighted by molar-refractivity contribution is 5.82. The molecular formula is C14H12NO+. The molecule has 1 amide bonds. The fourth-order valence-electron chi connectivity index (χ4n) is 2.45. The number of para-hydroxylation sites is 1. The average molecular weight is 210 g/mol. The number of fused-ring (bicyclic) bond motifs is 2. The Morgan fingerprint density at radius 3 is 2.88 bits per heavy atom. The number of nitrogens with zero attached hydrogens (tertiary/aromatic N) is 1. The van der Waals surface area contributed by atoms with E-state index >= 15 is 0 Å². The highest BCUT2D eigenvalue weighted by Crippen LogP contribution is 2.15. The van der Waals surface area contributed by atoms with Crippen molar-refractivity contribution in [3.63, 3.8) is 0 Å². The molecular weight excluding hydrogens is 198 g/mol. The lowest BCUT2D eigenvalue weighted by molar-refractivity contribution is -0.120. The second-order valence-electron chi connectivity index (χ2n) is 4.05. The molecule has 1 aromatic rings. The van der Waals surface area contributed by atoms with Crippen molar-refractivity contribution in [3.05, 3.63) is 59.1 Å². The van der Waals surface area contributed by atoms with Gasteiger partial charge in [0.1, 0.15) is 0 Å². The molecule has 1 unspecified atom stereocenters. The maximum atomic E-state index is 11.7. The molecule has 1 atom stereocenters. The van der Waals surface area contributed by atoms with Crippen molar-refractivity contribution in [1.29, 1.82) is 0 Å². The van der Waals surface area contributed by atoms with Crippen LogP contribution in [-0.2, 0) is 4.79 Å². The molecule has 2 nitrogen and oxygen atoms in total. The van der Waals surface area contributed by atoms with E-state index in [1.807, 2.05) is 34.9 Å². The smallest absolute Gasteiger partial charge is 0.220 e. The summed E-state index contributed by atoms with van der Waals surface area (Å²) in [5.41, 5.74) is 1.22. The van der Waals surface area contributed by atoms with Gasteiger partial charge in [0.15, 0.2) is 0 Å². The Hall–Kier alpha value is -1.96. The molecule has 3 rings (SSSR count). The van der Waals surface area contributed by atoms with Crippen molar-refractivity contribution in [2.75, 3.05) is 0 Å². The van der Waals surface area contributed by atoms with Crippen LogP contribution in [0.3, 0.4) is 0 Å². The Kier molecular flexibility index (Phi) is 1.90. The standard InChI is InChI=1S/C14H12NO/c1-10(16)15-13-8-4-2-6-11(13)12-7-3-5-9-14(12)15/h2-9,13H,1H3/q+1. The van der Waals surface area contributed by atoms with Crippen molar-refractivity contribution >= 4 is 11.5 Å². The molecule has 1 aromatic carbocycles. The van der Waals surface area contributed by atoms with Crippen molar-refractivity contribution in [2.24, 2.45) is 0 Å². The third-order valence-electron chi connectivity index (χ3n) is 3.09. The van der Waals surface area contributed by atoms with Crippen molar-refractivity contribution in [2.45, 2.75) is 13.0 Å². The molecule has 16 heavy (non-hydrogen) atoms. The highest BCUT2D eigenvalue weighted by atomic mass is 16.2. The van der Waals surface area contributed by atoms with Gasteiger partial charge in [-0.1, -0.05) is 30.4 Å². The average Bonchev–Trinajstić information content (AvgIpc) is 2.63. The summed E-state index contributed by atoms with van der Waals surface area (Å²) in [5, 5.41) is 2.19. The van der Waals surface area contributed by atoms with Crippen LogP contribution in [0.4, 0.5) is 0 Å². The Bertz CT molecular complexity index is 650. The molecule has 2 heteroatoms. The van der Waals surface area contributed by atoms with Gasteiger partial charge in [-0.3, -0.25) is 0 Å². The maximum Gasteiger partial charge on any atom is 0.385 e. The molecule has 0 fully saturated rings. The van der Waals surface area contributed by atoms with E-state index in [0.29, 0.717) is 0 Å². The first-order valence-electron chi connectivity index (χ1n) is 5.40. The molecule has 1 aliphatic heterocycles. The molecule has 1 aliphatic carbocycles. The number of hydrogen-bond donors (Lipinski definition) is 0. The lowest BCUT2D eigenvalue weighted by atomic mass is 10.0. The first kappa shape index (κ1) is 9.28. The van der Waals surface area contributed by atoms with Crippen LogP contribution in [0.2, 0.25) is 0 Å². The fourth-order valence-corrected chi connectivity index (χ4v) is 2.45. The predicted octanol–water partition coefficient (Wildman–Crippen LogP) is 0.383. The van der Waals surface area contributed by atoms with Gasteiger partial charge in [0, 0.05) is 11.6 Å². The second kappa shape index (κ2) is 3.27. The van der Waals surface area contributed by atoms with E-state index in [0.717, 1.165) is 5.36 Å². The van der Waals surface area contributed by atoms with E-state index in [4.69, 9.17) is 0 Å². The van der Waals surface area contributed by atoms with Gasteiger partial charge in [-0.25, -0.2) is 4.79 Å². The topological polar surface area (TPSA) is 20.1 Å². The number of allylic oxidation sites excluding steroid dienone is 2. The Labute approximate surface area is 93.5 Å². The SMILES string of the molecule is CC(=O)[N+]1=c2ccccc2=C2C=CC=CC21. The van der Waals surface area contributed by atoms with E-state index < -0.39 is 0 Å². The summed E-state index contributed by atoms with van der Waals surface area (Å²) in [4.78, 5) is 11.7. The molecule has 0 saturated heterocycles. The summed E-state index contributed by atoms with van der Waals surface area (Å²) in [5.74, 6) is 0.0902. The van der Waals surface area contributed by atoms with Gasteiger partial charge in [-0.05, 0) is 12.1 Å². The number of amides is 1. The molecule has 0 spiro atoms. The normalized spacial score (nSPS) is 20.9. The number of hydrogen-bond acceptors (Lipinski definition) is 1. The number of benzene rings is 1. The van der Waals surface area contributed by atoms with E-state index in [1.54, 1.807) is 6.92 Å². The van der Waals surface area contributed by atoms with Gasteiger partial charge in [0.05, 0.1) is 12.1 Å². The Morgan fingerprint density at radius 1 is 1.25 bits per heavy atom. The minimum Gasteiger partial charge on any atom is -0.220 e. The Balaban J connectivity index is 2.47. The summed E-state index contributed by atoms with van der Waals surface area (Å²) >= 11 is 0. The fraction of sp³-hybridized carbons (Fsp3) is 0.143. The molecule has 0 N–H and O–H groups in total. The monoisotopic (exact) mass is 210 g/mol. The van der Waals surface area contributed by atoms with E-state index in [1.165, 1.54) is 10.8 Å². The lowest BCUT2D eigenvalue weighted by Crippen LogP contribution is -2.40.